The SMILES string of the molecule is COCCOc1ccc(-c2cc(C(=O)O)nc(N)n2)cc1. The van der Waals surface area contributed by atoms with E-state index in [0.29, 0.717) is 24.7 Å². The smallest absolute Gasteiger partial charge is 0.354 e. The zero-order valence-corrected chi connectivity index (χ0v) is 11.4. The molecule has 0 atom stereocenters. The van der Waals surface area contributed by atoms with E-state index in [1.165, 1.54) is 6.07 Å². The Hall–Kier alpha value is -2.67. The molecule has 0 radical (unpaired) electrons. The Balaban J connectivity index is 2.20. The van der Waals surface area contributed by atoms with Gasteiger partial charge in [-0.2, -0.15) is 0 Å². The second-order valence-corrected chi connectivity index (χ2v) is 4.17. The minimum atomic E-state index is -1.15. The standard InChI is InChI=1S/C14H15N3O4/c1-20-6-7-21-10-4-2-9(3-5-10)11-8-12(13(18)19)17-14(15)16-11/h2-5,8H,6-7H2,1H3,(H,18,19)(H2,15,16,17). The number of benzene rings is 1. The molecule has 0 spiro atoms. The molecule has 0 saturated carbocycles. The molecule has 21 heavy (non-hydrogen) atoms. The molecule has 0 amide bonds. The van der Waals surface area contributed by atoms with Crippen LogP contribution in [-0.4, -0.2) is 41.4 Å². The maximum Gasteiger partial charge on any atom is 0.354 e. The number of methoxy groups -OCH3 is 1. The summed E-state index contributed by atoms with van der Waals surface area (Å²) in [4.78, 5) is 18.6. The molecule has 3 N–H and O–H groups in total. The van der Waals surface area contributed by atoms with E-state index in [4.69, 9.17) is 20.3 Å². The lowest BCUT2D eigenvalue weighted by molar-refractivity contribution is 0.0690. The highest BCUT2D eigenvalue weighted by atomic mass is 16.5. The van der Waals surface area contributed by atoms with E-state index in [2.05, 4.69) is 9.97 Å². The van der Waals surface area contributed by atoms with Crippen molar-refractivity contribution in [3.05, 3.63) is 36.0 Å². The first-order chi connectivity index (χ1) is 10.1. The van der Waals surface area contributed by atoms with Crippen LogP contribution in [0.2, 0.25) is 0 Å². The van der Waals surface area contributed by atoms with Gasteiger partial charge in [-0.1, -0.05) is 0 Å². The van der Waals surface area contributed by atoms with Crippen LogP contribution in [0.1, 0.15) is 10.5 Å². The van der Waals surface area contributed by atoms with E-state index in [9.17, 15) is 4.79 Å². The summed E-state index contributed by atoms with van der Waals surface area (Å²) in [5, 5.41) is 8.97. The van der Waals surface area contributed by atoms with Gasteiger partial charge in [0.15, 0.2) is 5.69 Å². The molecule has 1 aromatic heterocycles. The predicted molar refractivity (Wildman–Crippen MR) is 76.2 cm³/mol. The molecule has 2 rings (SSSR count). The van der Waals surface area contributed by atoms with E-state index in [-0.39, 0.29) is 11.6 Å². The molecule has 7 nitrogen and oxygen atoms in total. The second kappa shape index (κ2) is 6.67. The highest BCUT2D eigenvalue weighted by Crippen LogP contribution is 2.22. The number of hydrogen-bond acceptors (Lipinski definition) is 6. The van der Waals surface area contributed by atoms with E-state index < -0.39 is 5.97 Å². The number of aromatic nitrogens is 2. The molecule has 0 fully saturated rings. The number of nitrogens with two attached hydrogens (primary N) is 1. The minimum absolute atomic E-state index is 0.0784. The number of carboxylic acids is 1. The fraction of sp³-hybridized carbons (Fsp3) is 0.214. The van der Waals surface area contributed by atoms with Gasteiger partial charge in [-0.05, 0) is 30.3 Å². The van der Waals surface area contributed by atoms with Crippen LogP contribution >= 0.6 is 0 Å². The molecule has 0 bridgehead atoms. The van der Waals surface area contributed by atoms with Crippen molar-refractivity contribution >= 4 is 11.9 Å². The fourth-order valence-electron chi connectivity index (χ4n) is 1.69. The molecule has 0 unspecified atom stereocenters. The van der Waals surface area contributed by atoms with Gasteiger partial charge in [-0.25, -0.2) is 14.8 Å². The minimum Gasteiger partial charge on any atom is -0.491 e. The molecular formula is C14H15N3O4. The van der Waals surface area contributed by atoms with Gasteiger partial charge in [0.05, 0.1) is 12.3 Å². The van der Waals surface area contributed by atoms with Gasteiger partial charge < -0.3 is 20.3 Å². The van der Waals surface area contributed by atoms with Crippen LogP contribution in [-0.2, 0) is 4.74 Å². The lowest BCUT2D eigenvalue weighted by Gasteiger charge is -2.07. The maximum absolute atomic E-state index is 11.0. The number of nitrogen functional groups attached to an aromatic ring is 1. The normalized spacial score (nSPS) is 10.3. The monoisotopic (exact) mass is 289 g/mol. The molecule has 1 heterocycles. The van der Waals surface area contributed by atoms with Crippen LogP contribution in [0.4, 0.5) is 5.95 Å². The largest absolute Gasteiger partial charge is 0.491 e. The van der Waals surface area contributed by atoms with Gasteiger partial charge in [0.1, 0.15) is 12.4 Å². The topological polar surface area (TPSA) is 108 Å². The average molecular weight is 289 g/mol. The quantitative estimate of drug-likeness (QED) is 0.775. The zero-order valence-electron chi connectivity index (χ0n) is 11.4. The van der Waals surface area contributed by atoms with Gasteiger partial charge in [0.25, 0.3) is 0 Å². The van der Waals surface area contributed by atoms with Crippen molar-refractivity contribution in [3.8, 4) is 17.0 Å². The molecular weight excluding hydrogens is 274 g/mol. The van der Waals surface area contributed by atoms with E-state index >= 15 is 0 Å². The lowest BCUT2D eigenvalue weighted by Crippen LogP contribution is -2.06. The predicted octanol–water partition coefficient (Wildman–Crippen LogP) is 1.45. The fourth-order valence-corrected chi connectivity index (χ4v) is 1.69. The Kier molecular flexibility index (Phi) is 4.68. The maximum atomic E-state index is 11.0. The third-order valence-corrected chi connectivity index (χ3v) is 2.67. The van der Waals surface area contributed by atoms with Crippen molar-refractivity contribution in [1.29, 1.82) is 0 Å². The Bertz CT molecular complexity index is 629. The first-order valence-electron chi connectivity index (χ1n) is 6.20. The highest BCUT2D eigenvalue weighted by Gasteiger charge is 2.10. The number of anilines is 1. The van der Waals surface area contributed by atoms with Crippen molar-refractivity contribution in [3.63, 3.8) is 0 Å². The van der Waals surface area contributed by atoms with E-state index in [1.807, 2.05) is 0 Å². The summed E-state index contributed by atoms with van der Waals surface area (Å²) in [6.45, 7) is 0.964. The number of carbonyl (C=O) groups is 1. The number of carboxylic acid groups (broad SMARTS) is 1. The molecule has 0 aliphatic heterocycles. The first kappa shape index (κ1) is 14.7. The summed E-state index contributed by atoms with van der Waals surface area (Å²) in [7, 11) is 1.60. The van der Waals surface area contributed by atoms with Gasteiger partial charge in [0.2, 0.25) is 5.95 Å². The van der Waals surface area contributed by atoms with Crippen molar-refractivity contribution in [2.75, 3.05) is 26.1 Å². The molecule has 1 aromatic carbocycles. The van der Waals surface area contributed by atoms with Crippen molar-refractivity contribution in [2.45, 2.75) is 0 Å². The van der Waals surface area contributed by atoms with Crippen molar-refractivity contribution in [1.82, 2.24) is 9.97 Å². The summed E-state index contributed by atoms with van der Waals surface area (Å²) in [6.07, 6.45) is 0. The summed E-state index contributed by atoms with van der Waals surface area (Å²) in [6, 6.07) is 8.46. The van der Waals surface area contributed by atoms with Gasteiger partial charge >= 0.3 is 5.97 Å². The lowest BCUT2D eigenvalue weighted by atomic mass is 10.1. The third kappa shape index (κ3) is 3.90. The van der Waals surface area contributed by atoms with Crippen LogP contribution in [0.25, 0.3) is 11.3 Å². The number of rotatable bonds is 6. The third-order valence-electron chi connectivity index (χ3n) is 2.67. The van der Waals surface area contributed by atoms with Gasteiger partial charge in [0, 0.05) is 12.7 Å². The molecule has 0 saturated heterocycles. The number of nitrogens with zero attached hydrogens (tertiary/aromatic N) is 2. The van der Waals surface area contributed by atoms with Crippen LogP contribution in [0.3, 0.4) is 0 Å². The van der Waals surface area contributed by atoms with E-state index in [0.717, 1.165) is 5.56 Å². The molecule has 0 aliphatic carbocycles. The van der Waals surface area contributed by atoms with Gasteiger partial charge in [-0.3, -0.25) is 0 Å². The summed E-state index contributed by atoms with van der Waals surface area (Å²) < 4.78 is 10.3. The Morgan fingerprint density at radius 3 is 2.57 bits per heavy atom. The second-order valence-electron chi connectivity index (χ2n) is 4.17. The Morgan fingerprint density at radius 1 is 1.24 bits per heavy atom. The van der Waals surface area contributed by atoms with Crippen LogP contribution in [0.15, 0.2) is 30.3 Å². The Labute approximate surface area is 121 Å². The number of hydrogen-bond donors (Lipinski definition) is 2. The van der Waals surface area contributed by atoms with Crippen molar-refractivity contribution < 1.29 is 19.4 Å². The Morgan fingerprint density at radius 2 is 1.95 bits per heavy atom. The summed E-state index contributed by atoms with van der Waals surface area (Å²) >= 11 is 0. The average Bonchev–Trinajstić information content (AvgIpc) is 2.47. The zero-order chi connectivity index (χ0) is 15.2. The molecule has 2 aromatic rings. The van der Waals surface area contributed by atoms with Crippen LogP contribution < -0.4 is 10.5 Å². The highest BCUT2D eigenvalue weighted by molar-refractivity contribution is 5.87. The molecule has 0 aliphatic rings. The van der Waals surface area contributed by atoms with Crippen LogP contribution in [0, 0.1) is 0 Å². The summed E-state index contributed by atoms with van der Waals surface area (Å²) in [5.41, 5.74) is 6.56. The summed E-state index contributed by atoms with van der Waals surface area (Å²) in [5.74, 6) is -0.536. The number of ether oxygens (including phenoxy) is 2. The van der Waals surface area contributed by atoms with Crippen molar-refractivity contribution in [2.24, 2.45) is 0 Å². The van der Waals surface area contributed by atoms with Gasteiger partial charge in [-0.15, -0.1) is 0 Å². The van der Waals surface area contributed by atoms with Crippen LogP contribution in [0.5, 0.6) is 5.75 Å². The first-order valence-corrected chi connectivity index (χ1v) is 6.20. The van der Waals surface area contributed by atoms with E-state index in [1.54, 1.807) is 31.4 Å². The number of aromatic carboxylic acids is 1. The molecule has 7 heteroatoms. The molecule has 110 valence electrons.